The van der Waals surface area contributed by atoms with Gasteiger partial charge in [0.2, 0.25) is 0 Å². The zero-order chi connectivity index (χ0) is 10.4. The van der Waals surface area contributed by atoms with Crippen LogP contribution in [0.15, 0.2) is 12.4 Å². The van der Waals surface area contributed by atoms with E-state index in [1.807, 2.05) is 19.2 Å². The number of nitrogens with one attached hydrogen (secondary N) is 1. The van der Waals surface area contributed by atoms with Gasteiger partial charge in [-0.15, -0.1) is 0 Å². The highest BCUT2D eigenvalue weighted by Gasteiger charge is 2.06. The number of hydrogen-bond acceptors (Lipinski definition) is 5. The fourth-order valence-electron chi connectivity index (χ4n) is 1.05. The number of nitriles is 1. The Hall–Kier alpha value is -1.28. The Kier molecular flexibility index (Phi) is 4.20. The van der Waals surface area contributed by atoms with Crippen LogP contribution in [0.3, 0.4) is 0 Å². The lowest BCUT2D eigenvalue weighted by Crippen LogP contribution is -2.19. The van der Waals surface area contributed by atoms with Crippen molar-refractivity contribution in [2.75, 3.05) is 17.3 Å². The Morgan fingerprint density at radius 2 is 2.29 bits per heavy atom. The van der Waals surface area contributed by atoms with Gasteiger partial charge < -0.3 is 5.32 Å². The summed E-state index contributed by atoms with van der Waals surface area (Å²) < 4.78 is 0. The van der Waals surface area contributed by atoms with Gasteiger partial charge in [-0.25, -0.2) is 9.97 Å². The topological polar surface area (TPSA) is 61.6 Å². The highest BCUT2D eigenvalue weighted by molar-refractivity contribution is 7.98. The van der Waals surface area contributed by atoms with E-state index in [9.17, 15) is 0 Å². The second-order valence-corrected chi connectivity index (χ2v) is 3.78. The van der Waals surface area contributed by atoms with Crippen molar-refractivity contribution < 1.29 is 0 Å². The molecule has 1 rings (SSSR count). The number of aromatic nitrogens is 2. The fourth-order valence-corrected chi connectivity index (χ4v) is 1.63. The minimum atomic E-state index is 0.286. The van der Waals surface area contributed by atoms with Crippen LogP contribution in [0, 0.1) is 11.3 Å². The van der Waals surface area contributed by atoms with E-state index >= 15 is 0 Å². The molecule has 0 bridgehead atoms. The molecule has 0 aromatic carbocycles. The number of hydrogen-bond donors (Lipinski definition) is 1. The third kappa shape index (κ3) is 2.89. The van der Waals surface area contributed by atoms with E-state index in [-0.39, 0.29) is 6.04 Å². The van der Waals surface area contributed by atoms with Crippen molar-refractivity contribution in [1.82, 2.24) is 9.97 Å². The molecule has 0 spiro atoms. The Morgan fingerprint density at radius 3 is 2.93 bits per heavy atom. The van der Waals surface area contributed by atoms with Crippen LogP contribution >= 0.6 is 11.8 Å². The van der Waals surface area contributed by atoms with Gasteiger partial charge in [-0.3, -0.25) is 0 Å². The maximum Gasteiger partial charge on any atom is 0.182 e. The molecule has 1 aromatic heterocycles. The lowest BCUT2D eigenvalue weighted by Gasteiger charge is -2.12. The highest BCUT2D eigenvalue weighted by Crippen LogP contribution is 2.09. The van der Waals surface area contributed by atoms with Crippen molar-refractivity contribution in [3.05, 3.63) is 18.1 Å². The van der Waals surface area contributed by atoms with Crippen molar-refractivity contribution in [3.8, 4) is 6.07 Å². The Bertz CT molecular complexity index is 334. The van der Waals surface area contributed by atoms with Gasteiger partial charge >= 0.3 is 0 Å². The van der Waals surface area contributed by atoms with Crippen LogP contribution in [0.4, 0.5) is 5.82 Å². The Labute approximate surface area is 87.8 Å². The van der Waals surface area contributed by atoms with E-state index in [2.05, 4.69) is 15.3 Å². The predicted octanol–water partition coefficient (Wildman–Crippen LogP) is 1.51. The standard InChI is InChI=1S/C9H12N4S/c1-7(6-14-2)13-9-8(5-10)11-3-4-12-9/h3-4,7H,6H2,1-2H3,(H,12,13). The molecule has 0 radical (unpaired) electrons. The van der Waals surface area contributed by atoms with Crippen LogP contribution < -0.4 is 5.32 Å². The first kappa shape index (κ1) is 10.8. The van der Waals surface area contributed by atoms with Gasteiger partial charge in [0.15, 0.2) is 11.5 Å². The normalized spacial score (nSPS) is 11.8. The summed E-state index contributed by atoms with van der Waals surface area (Å²) in [4.78, 5) is 7.98. The maximum absolute atomic E-state index is 8.76. The first-order valence-electron chi connectivity index (χ1n) is 4.24. The van der Waals surface area contributed by atoms with Crippen LogP contribution in [0.25, 0.3) is 0 Å². The molecule has 0 aliphatic carbocycles. The van der Waals surface area contributed by atoms with Crippen LogP contribution in [-0.2, 0) is 0 Å². The summed E-state index contributed by atoms with van der Waals surface area (Å²) in [5, 5.41) is 11.9. The molecule has 5 heteroatoms. The van der Waals surface area contributed by atoms with Crippen LogP contribution in [0.2, 0.25) is 0 Å². The van der Waals surface area contributed by atoms with Crippen LogP contribution in [0.5, 0.6) is 0 Å². The lowest BCUT2D eigenvalue weighted by molar-refractivity contribution is 0.897. The summed E-state index contributed by atoms with van der Waals surface area (Å²) in [6.45, 7) is 2.05. The number of anilines is 1. The minimum Gasteiger partial charge on any atom is -0.364 e. The number of rotatable bonds is 4. The van der Waals surface area contributed by atoms with Crippen molar-refractivity contribution >= 4 is 17.6 Å². The summed E-state index contributed by atoms with van der Waals surface area (Å²) in [5.41, 5.74) is 0.348. The largest absolute Gasteiger partial charge is 0.364 e. The Balaban J connectivity index is 2.71. The first-order chi connectivity index (χ1) is 6.77. The van der Waals surface area contributed by atoms with E-state index in [1.165, 1.54) is 6.20 Å². The summed E-state index contributed by atoms with van der Waals surface area (Å²) in [6.07, 6.45) is 5.14. The molecular formula is C9H12N4S. The van der Waals surface area contributed by atoms with Crippen LogP contribution in [-0.4, -0.2) is 28.0 Å². The number of thioether (sulfide) groups is 1. The summed E-state index contributed by atoms with van der Waals surface area (Å²) in [5.74, 6) is 1.54. The predicted molar refractivity (Wildman–Crippen MR) is 58.2 cm³/mol. The van der Waals surface area contributed by atoms with Gasteiger partial charge in [0.25, 0.3) is 0 Å². The van der Waals surface area contributed by atoms with Gasteiger partial charge in [0.05, 0.1) is 0 Å². The average Bonchev–Trinajstić information content (AvgIpc) is 2.19. The quantitative estimate of drug-likeness (QED) is 0.812. The molecule has 14 heavy (non-hydrogen) atoms. The molecule has 0 aliphatic heterocycles. The van der Waals surface area contributed by atoms with Gasteiger partial charge in [0, 0.05) is 24.2 Å². The third-order valence-electron chi connectivity index (χ3n) is 1.60. The monoisotopic (exact) mass is 208 g/mol. The second kappa shape index (κ2) is 5.45. The molecule has 0 saturated carbocycles. The van der Waals surface area contributed by atoms with Crippen LogP contribution in [0.1, 0.15) is 12.6 Å². The minimum absolute atomic E-state index is 0.286. The molecular weight excluding hydrogens is 196 g/mol. The molecule has 0 amide bonds. The molecule has 0 aliphatic rings. The Morgan fingerprint density at radius 1 is 1.57 bits per heavy atom. The van der Waals surface area contributed by atoms with E-state index in [4.69, 9.17) is 5.26 Å². The van der Waals surface area contributed by atoms with E-state index in [0.717, 1.165) is 5.75 Å². The molecule has 1 atom stereocenters. The molecule has 1 aromatic rings. The smallest absolute Gasteiger partial charge is 0.182 e. The van der Waals surface area contributed by atoms with Gasteiger partial charge in [-0.1, -0.05) is 0 Å². The zero-order valence-corrected chi connectivity index (χ0v) is 9.01. The van der Waals surface area contributed by atoms with Crippen molar-refractivity contribution in [2.45, 2.75) is 13.0 Å². The second-order valence-electron chi connectivity index (χ2n) is 2.87. The summed E-state index contributed by atoms with van der Waals surface area (Å²) in [7, 11) is 0. The lowest BCUT2D eigenvalue weighted by atomic mass is 10.3. The van der Waals surface area contributed by atoms with Crippen molar-refractivity contribution in [2.24, 2.45) is 0 Å². The average molecular weight is 208 g/mol. The van der Waals surface area contributed by atoms with Gasteiger partial charge in [0.1, 0.15) is 6.07 Å². The molecule has 0 saturated heterocycles. The zero-order valence-electron chi connectivity index (χ0n) is 8.19. The summed E-state index contributed by atoms with van der Waals surface area (Å²) >= 11 is 1.75. The van der Waals surface area contributed by atoms with Gasteiger partial charge in [-0.05, 0) is 13.2 Å². The van der Waals surface area contributed by atoms with E-state index < -0.39 is 0 Å². The van der Waals surface area contributed by atoms with Crippen molar-refractivity contribution in [3.63, 3.8) is 0 Å². The van der Waals surface area contributed by atoms with E-state index in [1.54, 1.807) is 18.0 Å². The molecule has 4 nitrogen and oxygen atoms in total. The maximum atomic E-state index is 8.76. The molecule has 1 N–H and O–H groups in total. The SMILES string of the molecule is CSCC(C)Nc1nccnc1C#N. The first-order valence-corrected chi connectivity index (χ1v) is 5.64. The van der Waals surface area contributed by atoms with Gasteiger partial charge in [-0.2, -0.15) is 17.0 Å². The van der Waals surface area contributed by atoms with E-state index in [0.29, 0.717) is 11.5 Å². The number of nitrogens with zero attached hydrogens (tertiary/aromatic N) is 3. The molecule has 1 unspecified atom stereocenters. The van der Waals surface area contributed by atoms with Crippen molar-refractivity contribution in [1.29, 1.82) is 5.26 Å². The fraction of sp³-hybridized carbons (Fsp3) is 0.444. The molecule has 0 fully saturated rings. The third-order valence-corrected chi connectivity index (χ3v) is 2.44. The molecule has 74 valence electrons. The molecule has 1 heterocycles. The highest BCUT2D eigenvalue weighted by atomic mass is 32.2. The summed E-state index contributed by atoms with van der Waals surface area (Å²) in [6, 6.07) is 2.29.